The van der Waals surface area contributed by atoms with Crippen LogP contribution in [0.4, 0.5) is 0 Å². The SMILES string of the molecule is CCCN(CCC)C(=O)CSc1n[nH]c(=O)[nH]c1=O. The van der Waals surface area contributed by atoms with Crippen LogP contribution in [-0.4, -0.2) is 44.8 Å². The molecule has 0 aromatic carbocycles. The number of carbonyl (C=O) groups excluding carboxylic acids is 1. The van der Waals surface area contributed by atoms with Gasteiger partial charge in [0.25, 0.3) is 5.56 Å². The van der Waals surface area contributed by atoms with E-state index in [1.807, 2.05) is 13.8 Å². The summed E-state index contributed by atoms with van der Waals surface area (Å²) in [5.41, 5.74) is -1.22. The molecule has 0 spiro atoms. The summed E-state index contributed by atoms with van der Waals surface area (Å²) >= 11 is 1.03. The quantitative estimate of drug-likeness (QED) is 0.698. The number of nitrogens with one attached hydrogen (secondary N) is 2. The lowest BCUT2D eigenvalue weighted by atomic mass is 10.3. The summed E-state index contributed by atoms with van der Waals surface area (Å²) in [7, 11) is 0. The predicted molar refractivity (Wildman–Crippen MR) is 73.4 cm³/mol. The Labute approximate surface area is 114 Å². The zero-order valence-electron chi connectivity index (χ0n) is 11.1. The zero-order valence-corrected chi connectivity index (χ0v) is 11.9. The molecule has 8 heteroatoms. The third-order valence-electron chi connectivity index (χ3n) is 2.35. The lowest BCUT2D eigenvalue weighted by Gasteiger charge is -2.20. The van der Waals surface area contributed by atoms with Crippen molar-refractivity contribution in [2.45, 2.75) is 31.7 Å². The monoisotopic (exact) mass is 286 g/mol. The first kappa shape index (κ1) is 15.5. The first-order chi connectivity index (χ1) is 9.08. The van der Waals surface area contributed by atoms with Crippen molar-refractivity contribution in [3.05, 3.63) is 20.8 Å². The molecule has 0 aliphatic rings. The maximum Gasteiger partial charge on any atom is 0.342 e. The summed E-state index contributed by atoms with van der Waals surface area (Å²) in [6, 6.07) is 0. The molecule has 19 heavy (non-hydrogen) atoms. The molecule has 0 saturated heterocycles. The first-order valence-electron chi connectivity index (χ1n) is 6.18. The van der Waals surface area contributed by atoms with E-state index in [9.17, 15) is 14.4 Å². The minimum absolute atomic E-state index is 0.0268. The number of hydrogen-bond donors (Lipinski definition) is 2. The summed E-state index contributed by atoms with van der Waals surface area (Å²) in [5.74, 6) is 0.114. The Morgan fingerprint density at radius 3 is 2.42 bits per heavy atom. The van der Waals surface area contributed by atoms with Crippen molar-refractivity contribution in [2.75, 3.05) is 18.8 Å². The number of amides is 1. The van der Waals surface area contributed by atoms with Gasteiger partial charge in [-0.1, -0.05) is 25.6 Å². The Balaban J connectivity index is 2.61. The number of H-pyrrole nitrogens is 2. The molecule has 0 aliphatic heterocycles. The highest BCUT2D eigenvalue weighted by atomic mass is 32.2. The molecule has 0 atom stereocenters. The van der Waals surface area contributed by atoms with Crippen LogP contribution in [0.3, 0.4) is 0 Å². The highest BCUT2D eigenvalue weighted by molar-refractivity contribution is 7.99. The maximum absolute atomic E-state index is 12.0. The molecule has 1 aromatic heterocycles. The highest BCUT2D eigenvalue weighted by Crippen LogP contribution is 2.10. The second-order valence-electron chi connectivity index (χ2n) is 3.98. The van der Waals surface area contributed by atoms with E-state index < -0.39 is 11.2 Å². The molecule has 0 fully saturated rings. The van der Waals surface area contributed by atoms with E-state index in [0.717, 1.165) is 24.6 Å². The highest BCUT2D eigenvalue weighted by Gasteiger charge is 2.13. The van der Waals surface area contributed by atoms with Crippen molar-refractivity contribution in [1.29, 1.82) is 0 Å². The number of thioether (sulfide) groups is 1. The van der Waals surface area contributed by atoms with Crippen molar-refractivity contribution >= 4 is 17.7 Å². The molecule has 0 radical (unpaired) electrons. The van der Waals surface area contributed by atoms with E-state index in [0.29, 0.717) is 13.1 Å². The minimum Gasteiger partial charge on any atom is -0.342 e. The molecule has 1 aromatic rings. The van der Waals surface area contributed by atoms with Crippen LogP contribution in [0.2, 0.25) is 0 Å². The van der Waals surface area contributed by atoms with Crippen LogP contribution < -0.4 is 11.2 Å². The predicted octanol–water partition coefficient (Wildman–Crippen LogP) is 0.199. The average molecular weight is 286 g/mol. The molecule has 2 N–H and O–H groups in total. The van der Waals surface area contributed by atoms with E-state index in [2.05, 4.69) is 15.2 Å². The Bertz CT molecular complexity index is 519. The molecule has 106 valence electrons. The fraction of sp³-hybridized carbons (Fsp3) is 0.636. The number of aromatic nitrogens is 3. The van der Waals surface area contributed by atoms with E-state index in [4.69, 9.17) is 0 Å². The number of hydrogen-bond acceptors (Lipinski definition) is 5. The van der Waals surface area contributed by atoms with Crippen molar-refractivity contribution in [1.82, 2.24) is 20.1 Å². The van der Waals surface area contributed by atoms with Crippen molar-refractivity contribution in [3.63, 3.8) is 0 Å². The zero-order chi connectivity index (χ0) is 14.3. The van der Waals surface area contributed by atoms with Gasteiger partial charge in [-0.3, -0.25) is 14.6 Å². The van der Waals surface area contributed by atoms with Gasteiger partial charge < -0.3 is 4.90 Å². The van der Waals surface area contributed by atoms with Crippen LogP contribution in [0.15, 0.2) is 14.6 Å². The number of carbonyl (C=O) groups is 1. The Morgan fingerprint density at radius 1 is 1.26 bits per heavy atom. The van der Waals surface area contributed by atoms with Crippen LogP contribution in [-0.2, 0) is 4.79 Å². The number of nitrogens with zero attached hydrogens (tertiary/aromatic N) is 2. The van der Waals surface area contributed by atoms with Crippen molar-refractivity contribution in [3.8, 4) is 0 Å². The van der Waals surface area contributed by atoms with Gasteiger partial charge in [-0.25, -0.2) is 9.89 Å². The molecule has 7 nitrogen and oxygen atoms in total. The summed E-state index contributed by atoms with van der Waals surface area (Å²) in [5, 5.41) is 5.85. The van der Waals surface area contributed by atoms with Crippen molar-refractivity contribution in [2.24, 2.45) is 0 Å². The summed E-state index contributed by atoms with van der Waals surface area (Å²) in [6.07, 6.45) is 1.79. The average Bonchev–Trinajstić information content (AvgIpc) is 2.37. The van der Waals surface area contributed by atoms with E-state index in [1.165, 1.54) is 0 Å². The maximum atomic E-state index is 12.0. The lowest BCUT2D eigenvalue weighted by molar-refractivity contribution is -0.128. The van der Waals surface area contributed by atoms with Crippen LogP contribution in [0, 0.1) is 0 Å². The third-order valence-corrected chi connectivity index (χ3v) is 3.29. The van der Waals surface area contributed by atoms with Gasteiger partial charge in [-0.2, -0.15) is 5.10 Å². The molecular weight excluding hydrogens is 268 g/mol. The fourth-order valence-electron chi connectivity index (χ4n) is 1.56. The van der Waals surface area contributed by atoms with E-state index >= 15 is 0 Å². The molecule has 0 saturated carbocycles. The summed E-state index contributed by atoms with van der Waals surface area (Å²) in [4.78, 5) is 38.0. The largest absolute Gasteiger partial charge is 0.342 e. The van der Waals surface area contributed by atoms with Crippen LogP contribution in [0.1, 0.15) is 26.7 Å². The van der Waals surface area contributed by atoms with Gasteiger partial charge in [0.2, 0.25) is 5.91 Å². The van der Waals surface area contributed by atoms with Crippen molar-refractivity contribution < 1.29 is 4.79 Å². The fourth-order valence-corrected chi connectivity index (χ4v) is 2.29. The number of aromatic amines is 2. The van der Waals surface area contributed by atoms with Gasteiger partial charge >= 0.3 is 5.69 Å². The second kappa shape index (κ2) is 7.78. The van der Waals surface area contributed by atoms with Gasteiger partial charge in [0, 0.05) is 13.1 Å². The topological polar surface area (TPSA) is 98.9 Å². The summed E-state index contributed by atoms with van der Waals surface area (Å²) in [6.45, 7) is 5.44. The first-order valence-corrected chi connectivity index (χ1v) is 7.16. The Morgan fingerprint density at radius 2 is 1.89 bits per heavy atom. The normalized spacial score (nSPS) is 10.4. The molecule has 0 bridgehead atoms. The molecule has 0 aliphatic carbocycles. The standard InChI is InChI=1S/C11H18N4O3S/c1-3-5-15(6-4-2)8(16)7-19-10-9(17)12-11(18)14-13-10/h3-7H2,1-2H3,(H2,12,14,17,18). The van der Waals surface area contributed by atoms with Gasteiger partial charge in [-0.05, 0) is 12.8 Å². The number of rotatable bonds is 7. The van der Waals surface area contributed by atoms with Crippen LogP contribution >= 0.6 is 11.8 Å². The Kier molecular flexibility index (Phi) is 6.34. The molecule has 1 amide bonds. The van der Waals surface area contributed by atoms with Gasteiger partial charge in [-0.15, -0.1) is 0 Å². The van der Waals surface area contributed by atoms with Gasteiger partial charge in [0.05, 0.1) is 5.75 Å². The molecule has 1 rings (SSSR count). The third kappa shape index (κ3) is 4.90. The minimum atomic E-state index is -0.653. The molecular formula is C11H18N4O3S. The van der Waals surface area contributed by atoms with Crippen LogP contribution in [0.5, 0.6) is 0 Å². The molecule has 0 unspecified atom stereocenters. The second-order valence-corrected chi connectivity index (χ2v) is 4.95. The molecule has 1 heterocycles. The van der Waals surface area contributed by atoms with E-state index in [-0.39, 0.29) is 16.7 Å². The lowest BCUT2D eigenvalue weighted by Crippen LogP contribution is -2.34. The van der Waals surface area contributed by atoms with Crippen LogP contribution in [0.25, 0.3) is 0 Å². The smallest absolute Gasteiger partial charge is 0.342 e. The van der Waals surface area contributed by atoms with E-state index in [1.54, 1.807) is 4.90 Å². The van der Waals surface area contributed by atoms with Gasteiger partial charge in [0.1, 0.15) is 0 Å². The summed E-state index contributed by atoms with van der Waals surface area (Å²) < 4.78 is 0. The Hall–Kier alpha value is -1.57. The van der Waals surface area contributed by atoms with Gasteiger partial charge in [0.15, 0.2) is 5.03 Å².